The Hall–Kier alpha value is -1.75. The van der Waals surface area contributed by atoms with Gasteiger partial charge < -0.3 is 20.1 Å². The van der Waals surface area contributed by atoms with Crippen molar-refractivity contribution in [1.29, 1.82) is 0 Å². The first-order valence-electron chi connectivity index (χ1n) is 6.57. The van der Waals surface area contributed by atoms with Gasteiger partial charge in [0.05, 0.1) is 0 Å². The number of amides is 1. The average Bonchev–Trinajstić information content (AvgIpc) is 2.43. The first-order chi connectivity index (χ1) is 9.17. The number of hydrogen-bond donors (Lipinski definition) is 2. The summed E-state index contributed by atoms with van der Waals surface area (Å²) in [5, 5.41) is 12.3. The fourth-order valence-electron chi connectivity index (χ4n) is 1.67. The van der Waals surface area contributed by atoms with Crippen LogP contribution in [0.4, 0.5) is 0 Å². The number of ether oxygens (including phenoxy) is 1. The molecule has 0 fully saturated rings. The Balaban J connectivity index is 2.23. The van der Waals surface area contributed by atoms with E-state index in [0.717, 1.165) is 19.6 Å². The topological polar surface area (TPSA) is 61.8 Å². The van der Waals surface area contributed by atoms with Crippen molar-refractivity contribution in [1.82, 2.24) is 10.2 Å². The summed E-state index contributed by atoms with van der Waals surface area (Å²) in [4.78, 5) is 13.8. The molecule has 1 amide bonds. The molecule has 19 heavy (non-hydrogen) atoms. The largest absolute Gasteiger partial charge is 0.504 e. The Morgan fingerprint density at radius 1 is 1.32 bits per heavy atom. The van der Waals surface area contributed by atoms with Gasteiger partial charge in [0.1, 0.15) is 0 Å². The van der Waals surface area contributed by atoms with E-state index in [4.69, 9.17) is 4.74 Å². The molecule has 0 saturated heterocycles. The number of nitrogens with one attached hydrogen (secondary N) is 1. The third-order valence-corrected chi connectivity index (χ3v) is 2.87. The number of phenolic OH excluding ortho intramolecular Hbond substituents is 1. The molecule has 1 aromatic carbocycles. The maximum atomic E-state index is 11.5. The SMILES string of the molecule is CCN(CC)CCNC(=O)COc1ccccc1O. The summed E-state index contributed by atoms with van der Waals surface area (Å²) >= 11 is 0. The second-order valence-electron chi connectivity index (χ2n) is 4.13. The van der Waals surface area contributed by atoms with E-state index in [1.807, 2.05) is 0 Å². The maximum Gasteiger partial charge on any atom is 0.257 e. The molecule has 106 valence electrons. The van der Waals surface area contributed by atoms with E-state index in [-0.39, 0.29) is 18.3 Å². The van der Waals surface area contributed by atoms with Crippen LogP contribution in [0.2, 0.25) is 0 Å². The standard InChI is InChI=1S/C14H22N2O3/c1-3-16(4-2)10-9-15-14(18)11-19-13-8-6-5-7-12(13)17/h5-8,17H,3-4,9-11H2,1-2H3,(H,15,18). The third kappa shape index (κ3) is 5.61. The smallest absolute Gasteiger partial charge is 0.257 e. The molecule has 5 nitrogen and oxygen atoms in total. The minimum Gasteiger partial charge on any atom is -0.504 e. The number of rotatable bonds is 8. The summed E-state index contributed by atoms with van der Waals surface area (Å²) in [7, 11) is 0. The third-order valence-electron chi connectivity index (χ3n) is 2.87. The molecule has 0 aliphatic rings. The number of benzene rings is 1. The summed E-state index contributed by atoms with van der Waals surface area (Å²) in [6.07, 6.45) is 0. The van der Waals surface area contributed by atoms with Crippen LogP contribution in [-0.2, 0) is 4.79 Å². The molecule has 0 unspecified atom stereocenters. The monoisotopic (exact) mass is 266 g/mol. The molecule has 5 heteroatoms. The number of para-hydroxylation sites is 2. The molecule has 0 spiro atoms. The molecule has 0 aliphatic carbocycles. The van der Waals surface area contributed by atoms with E-state index in [1.54, 1.807) is 18.2 Å². The van der Waals surface area contributed by atoms with Crippen LogP contribution in [0.15, 0.2) is 24.3 Å². The lowest BCUT2D eigenvalue weighted by atomic mass is 10.3. The molecule has 0 aliphatic heterocycles. The molecule has 2 N–H and O–H groups in total. The van der Waals surface area contributed by atoms with Crippen molar-refractivity contribution in [3.05, 3.63) is 24.3 Å². The predicted octanol–water partition coefficient (Wildman–Crippen LogP) is 1.23. The van der Waals surface area contributed by atoms with Gasteiger partial charge in [-0.1, -0.05) is 26.0 Å². The van der Waals surface area contributed by atoms with Gasteiger partial charge in [0.25, 0.3) is 5.91 Å². The highest BCUT2D eigenvalue weighted by Crippen LogP contribution is 2.23. The highest BCUT2D eigenvalue weighted by atomic mass is 16.5. The van der Waals surface area contributed by atoms with Crippen LogP contribution in [0.3, 0.4) is 0 Å². The minimum atomic E-state index is -0.185. The van der Waals surface area contributed by atoms with Gasteiger partial charge in [0.2, 0.25) is 0 Å². The molecular weight excluding hydrogens is 244 g/mol. The Bertz CT molecular complexity index is 392. The second kappa shape index (κ2) is 8.37. The Morgan fingerprint density at radius 2 is 2.00 bits per heavy atom. The van der Waals surface area contributed by atoms with Crippen molar-refractivity contribution in [3.8, 4) is 11.5 Å². The number of hydrogen-bond acceptors (Lipinski definition) is 4. The van der Waals surface area contributed by atoms with Crippen molar-refractivity contribution < 1.29 is 14.6 Å². The highest BCUT2D eigenvalue weighted by Gasteiger charge is 2.06. The van der Waals surface area contributed by atoms with Crippen LogP contribution in [0.25, 0.3) is 0 Å². The lowest BCUT2D eigenvalue weighted by Crippen LogP contribution is -2.36. The van der Waals surface area contributed by atoms with Crippen molar-refractivity contribution >= 4 is 5.91 Å². The van der Waals surface area contributed by atoms with Crippen LogP contribution < -0.4 is 10.1 Å². The fourth-order valence-corrected chi connectivity index (χ4v) is 1.67. The molecular formula is C14H22N2O3. The fraction of sp³-hybridized carbons (Fsp3) is 0.500. The number of likely N-dealkylation sites (N-methyl/N-ethyl adjacent to an activating group) is 1. The number of aromatic hydroxyl groups is 1. The summed E-state index contributed by atoms with van der Waals surface area (Å²) in [6, 6.07) is 6.59. The Morgan fingerprint density at radius 3 is 2.63 bits per heavy atom. The maximum absolute atomic E-state index is 11.5. The molecule has 0 heterocycles. The van der Waals surface area contributed by atoms with E-state index in [2.05, 4.69) is 24.1 Å². The number of carbonyl (C=O) groups excluding carboxylic acids is 1. The molecule has 1 aromatic rings. The van der Waals surface area contributed by atoms with Gasteiger partial charge >= 0.3 is 0 Å². The van der Waals surface area contributed by atoms with Crippen molar-refractivity contribution in [2.24, 2.45) is 0 Å². The Labute approximate surface area is 114 Å². The normalized spacial score (nSPS) is 10.5. The molecule has 1 rings (SSSR count). The zero-order valence-electron chi connectivity index (χ0n) is 11.6. The van der Waals surface area contributed by atoms with Crippen LogP contribution in [0, 0.1) is 0 Å². The van der Waals surface area contributed by atoms with Gasteiger partial charge in [-0.15, -0.1) is 0 Å². The van der Waals surface area contributed by atoms with Gasteiger partial charge in [-0.05, 0) is 25.2 Å². The zero-order valence-corrected chi connectivity index (χ0v) is 11.6. The van der Waals surface area contributed by atoms with Crippen LogP contribution in [-0.4, -0.2) is 48.7 Å². The van der Waals surface area contributed by atoms with E-state index >= 15 is 0 Å². The Kier molecular flexibility index (Phi) is 6.74. The average molecular weight is 266 g/mol. The highest BCUT2D eigenvalue weighted by molar-refractivity contribution is 5.77. The summed E-state index contributed by atoms with van der Waals surface area (Å²) < 4.78 is 5.23. The summed E-state index contributed by atoms with van der Waals surface area (Å²) in [5.41, 5.74) is 0. The minimum absolute atomic E-state index is 0.0402. The lowest BCUT2D eigenvalue weighted by Gasteiger charge is -2.18. The second-order valence-corrected chi connectivity index (χ2v) is 4.13. The van der Waals surface area contributed by atoms with Gasteiger partial charge in [-0.2, -0.15) is 0 Å². The molecule has 0 aromatic heterocycles. The van der Waals surface area contributed by atoms with Crippen LogP contribution in [0.5, 0.6) is 11.5 Å². The van der Waals surface area contributed by atoms with Crippen LogP contribution in [0.1, 0.15) is 13.8 Å². The van der Waals surface area contributed by atoms with Gasteiger partial charge in [0, 0.05) is 13.1 Å². The van der Waals surface area contributed by atoms with Gasteiger partial charge in [0.15, 0.2) is 18.1 Å². The number of nitrogens with zero attached hydrogens (tertiary/aromatic N) is 1. The first kappa shape index (κ1) is 15.3. The van der Waals surface area contributed by atoms with E-state index in [9.17, 15) is 9.90 Å². The van der Waals surface area contributed by atoms with E-state index in [1.165, 1.54) is 6.07 Å². The summed E-state index contributed by atoms with van der Waals surface area (Å²) in [6.45, 7) is 7.47. The lowest BCUT2D eigenvalue weighted by molar-refractivity contribution is -0.123. The zero-order chi connectivity index (χ0) is 14.1. The quantitative estimate of drug-likeness (QED) is 0.743. The molecule has 0 bridgehead atoms. The molecule has 0 radical (unpaired) electrons. The molecule has 0 saturated carbocycles. The summed E-state index contributed by atoms with van der Waals surface area (Å²) in [5.74, 6) is 0.176. The van der Waals surface area contributed by atoms with Gasteiger partial charge in [-0.3, -0.25) is 4.79 Å². The van der Waals surface area contributed by atoms with Crippen molar-refractivity contribution in [3.63, 3.8) is 0 Å². The molecule has 0 atom stereocenters. The van der Waals surface area contributed by atoms with Crippen LogP contribution >= 0.6 is 0 Å². The first-order valence-corrected chi connectivity index (χ1v) is 6.57. The van der Waals surface area contributed by atoms with Gasteiger partial charge in [-0.25, -0.2) is 0 Å². The van der Waals surface area contributed by atoms with E-state index in [0.29, 0.717) is 12.3 Å². The van der Waals surface area contributed by atoms with E-state index < -0.39 is 0 Å². The van der Waals surface area contributed by atoms with Crippen molar-refractivity contribution in [2.75, 3.05) is 32.8 Å². The predicted molar refractivity (Wildman–Crippen MR) is 74.4 cm³/mol. The number of phenols is 1. The van der Waals surface area contributed by atoms with Crippen molar-refractivity contribution in [2.45, 2.75) is 13.8 Å². The number of carbonyl (C=O) groups is 1.